The summed E-state index contributed by atoms with van der Waals surface area (Å²) in [6.45, 7) is 0.723. The van der Waals surface area contributed by atoms with Crippen molar-refractivity contribution >= 4 is 0 Å². The van der Waals surface area contributed by atoms with Crippen LogP contribution < -0.4 is 5.32 Å². The third kappa shape index (κ3) is 4.31. The molecule has 0 aromatic carbocycles. The quantitative estimate of drug-likeness (QED) is 0.203. The van der Waals surface area contributed by atoms with E-state index >= 15 is 0 Å². The number of rotatable bonds is 5. The summed E-state index contributed by atoms with van der Waals surface area (Å²) >= 11 is 0. The molecule has 0 spiro atoms. The molecular formula is C17H31NO11. The Morgan fingerprint density at radius 2 is 1.52 bits per heavy atom. The van der Waals surface area contributed by atoms with Crippen molar-refractivity contribution in [3.8, 4) is 0 Å². The zero-order valence-corrected chi connectivity index (χ0v) is 15.9. The number of aliphatic hydroxyl groups is 8. The summed E-state index contributed by atoms with van der Waals surface area (Å²) in [6.07, 6.45) is -14.2. The Balaban J connectivity index is 1.73. The zero-order valence-electron chi connectivity index (χ0n) is 15.9. The fourth-order valence-corrected chi connectivity index (χ4v) is 4.28. The third-order valence-electron chi connectivity index (χ3n) is 6.09. The van der Waals surface area contributed by atoms with Crippen LogP contribution in [0.5, 0.6) is 0 Å². The smallest absolute Gasteiger partial charge is 0.186 e. The monoisotopic (exact) mass is 425 g/mol. The molecule has 3 saturated heterocycles. The molecule has 29 heavy (non-hydrogen) atoms. The van der Waals surface area contributed by atoms with Gasteiger partial charge in [-0.05, 0) is 6.92 Å². The largest absolute Gasteiger partial charge is 0.395 e. The minimum atomic E-state index is -1.61. The van der Waals surface area contributed by atoms with E-state index in [4.69, 9.17) is 14.2 Å². The normalized spacial score (nSPS) is 53.9. The lowest BCUT2D eigenvalue weighted by Crippen LogP contribution is -2.67. The maximum Gasteiger partial charge on any atom is 0.186 e. The van der Waals surface area contributed by atoms with Gasteiger partial charge in [0, 0.05) is 12.5 Å². The molecule has 0 aliphatic carbocycles. The summed E-state index contributed by atoms with van der Waals surface area (Å²) in [7, 11) is 0. The van der Waals surface area contributed by atoms with Gasteiger partial charge in [0.1, 0.15) is 30.5 Å². The van der Waals surface area contributed by atoms with Crippen LogP contribution in [0.15, 0.2) is 0 Å². The molecule has 3 rings (SSSR count). The molecule has 12 nitrogen and oxygen atoms in total. The SMILES string of the molecule is C[C@H]1O[C@H](C2[C@@H](CO)O[C@H](O[C@@H]3CN[C@H](CO)[C@H]3O)[C@H](O)[C@H]2O)[C@H](O)[C@@H](O)[C@@H]1O. The molecule has 0 aromatic rings. The molecular weight excluding hydrogens is 394 g/mol. The van der Waals surface area contributed by atoms with Crippen molar-refractivity contribution in [3.63, 3.8) is 0 Å². The van der Waals surface area contributed by atoms with Crippen LogP contribution in [-0.2, 0) is 14.2 Å². The van der Waals surface area contributed by atoms with E-state index in [0.717, 1.165) is 0 Å². The first kappa shape index (κ1) is 23.2. The summed E-state index contributed by atoms with van der Waals surface area (Å²) in [5.74, 6) is -1.13. The molecule has 1 unspecified atom stereocenters. The molecule has 3 aliphatic rings. The fraction of sp³-hybridized carbons (Fsp3) is 1.00. The van der Waals surface area contributed by atoms with Crippen LogP contribution in [0.25, 0.3) is 0 Å². The number of ether oxygens (including phenoxy) is 3. The van der Waals surface area contributed by atoms with Crippen molar-refractivity contribution in [2.24, 2.45) is 5.92 Å². The molecule has 0 aromatic heterocycles. The van der Waals surface area contributed by atoms with Gasteiger partial charge in [-0.25, -0.2) is 0 Å². The van der Waals surface area contributed by atoms with Gasteiger partial charge in [0.2, 0.25) is 0 Å². The van der Waals surface area contributed by atoms with Crippen molar-refractivity contribution in [1.29, 1.82) is 0 Å². The Bertz CT molecular complexity index is 540. The lowest BCUT2D eigenvalue weighted by atomic mass is 9.79. The van der Waals surface area contributed by atoms with Crippen LogP contribution in [0.1, 0.15) is 6.92 Å². The van der Waals surface area contributed by atoms with E-state index in [2.05, 4.69) is 5.32 Å². The number of aliphatic hydroxyl groups excluding tert-OH is 8. The summed E-state index contributed by atoms with van der Waals surface area (Å²) in [5.41, 5.74) is 0. The van der Waals surface area contributed by atoms with E-state index in [9.17, 15) is 40.9 Å². The Labute approximate surface area is 167 Å². The lowest BCUT2D eigenvalue weighted by molar-refractivity contribution is -0.331. The van der Waals surface area contributed by atoms with Gasteiger partial charge in [-0.3, -0.25) is 0 Å². The molecule has 9 N–H and O–H groups in total. The maximum atomic E-state index is 10.7. The minimum Gasteiger partial charge on any atom is -0.395 e. The molecule has 0 amide bonds. The van der Waals surface area contributed by atoms with Gasteiger partial charge < -0.3 is 60.4 Å². The molecule has 12 heteroatoms. The highest BCUT2D eigenvalue weighted by Crippen LogP contribution is 2.36. The average molecular weight is 425 g/mol. The minimum absolute atomic E-state index is 0.175. The van der Waals surface area contributed by atoms with E-state index < -0.39 is 85.9 Å². The van der Waals surface area contributed by atoms with E-state index in [1.165, 1.54) is 6.92 Å². The first-order valence-electron chi connectivity index (χ1n) is 9.71. The van der Waals surface area contributed by atoms with Gasteiger partial charge in [-0.2, -0.15) is 0 Å². The van der Waals surface area contributed by atoms with Crippen molar-refractivity contribution < 1.29 is 55.1 Å². The summed E-state index contributed by atoms with van der Waals surface area (Å²) in [6, 6.07) is -0.604. The van der Waals surface area contributed by atoms with Crippen molar-refractivity contribution in [2.45, 2.75) is 80.3 Å². The van der Waals surface area contributed by atoms with E-state index in [1.807, 2.05) is 0 Å². The van der Waals surface area contributed by atoms with Gasteiger partial charge in [0.25, 0.3) is 0 Å². The lowest BCUT2D eigenvalue weighted by Gasteiger charge is -2.49. The van der Waals surface area contributed by atoms with Gasteiger partial charge in [-0.1, -0.05) is 0 Å². The van der Waals surface area contributed by atoms with Crippen molar-refractivity contribution in [3.05, 3.63) is 0 Å². The standard InChI is InChI=1S/C17H31NO11/c1-5-10(21)13(24)14(25)16(27-5)9-8(4-20)29-17(15(26)12(9)23)28-7-2-18-6(3-19)11(7)22/h5-26H,2-4H2,1H3/t5-,6-,7-,8-,9?,10-,11-,12+,13+,14-,15-,16-,17+/m1/s1. The Morgan fingerprint density at radius 3 is 2.10 bits per heavy atom. The second kappa shape index (κ2) is 9.34. The van der Waals surface area contributed by atoms with Crippen LogP contribution in [0.3, 0.4) is 0 Å². The van der Waals surface area contributed by atoms with Gasteiger partial charge in [0.05, 0.1) is 49.8 Å². The van der Waals surface area contributed by atoms with Crippen LogP contribution in [0, 0.1) is 5.92 Å². The number of nitrogens with one attached hydrogen (secondary N) is 1. The average Bonchev–Trinajstić information content (AvgIpc) is 3.06. The van der Waals surface area contributed by atoms with Crippen LogP contribution in [-0.4, -0.2) is 134 Å². The summed E-state index contributed by atoms with van der Waals surface area (Å²) < 4.78 is 16.7. The topological polar surface area (TPSA) is 202 Å². The van der Waals surface area contributed by atoms with Gasteiger partial charge in [0.15, 0.2) is 6.29 Å². The molecule has 3 heterocycles. The molecule has 0 saturated carbocycles. The molecule has 0 radical (unpaired) electrons. The van der Waals surface area contributed by atoms with E-state index in [-0.39, 0.29) is 13.2 Å². The highest BCUT2D eigenvalue weighted by Gasteiger charge is 2.55. The molecule has 3 aliphatic heterocycles. The first-order chi connectivity index (χ1) is 13.7. The first-order valence-corrected chi connectivity index (χ1v) is 9.71. The maximum absolute atomic E-state index is 10.7. The predicted molar refractivity (Wildman–Crippen MR) is 93.4 cm³/mol. The molecule has 170 valence electrons. The second-order valence-electron chi connectivity index (χ2n) is 7.92. The highest BCUT2D eigenvalue weighted by atomic mass is 16.7. The zero-order chi connectivity index (χ0) is 21.5. The fourth-order valence-electron chi connectivity index (χ4n) is 4.28. The number of hydrogen-bond acceptors (Lipinski definition) is 12. The molecule has 0 bridgehead atoms. The van der Waals surface area contributed by atoms with Crippen LogP contribution >= 0.6 is 0 Å². The third-order valence-corrected chi connectivity index (χ3v) is 6.09. The second-order valence-corrected chi connectivity index (χ2v) is 7.92. The van der Waals surface area contributed by atoms with Gasteiger partial charge >= 0.3 is 0 Å². The Morgan fingerprint density at radius 1 is 0.828 bits per heavy atom. The Kier molecular flexibility index (Phi) is 7.47. The predicted octanol–water partition coefficient (Wildman–Crippen LogP) is -5.38. The van der Waals surface area contributed by atoms with Crippen molar-refractivity contribution in [1.82, 2.24) is 5.32 Å². The van der Waals surface area contributed by atoms with E-state index in [0.29, 0.717) is 0 Å². The summed E-state index contributed by atoms with van der Waals surface area (Å²) in [4.78, 5) is 0. The molecule has 3 fully saturated rings. The highest BCUT2D eigenvalue weighted by molar-refractivity contribution is 5.01. The Hall–Kier alpha value is -0.480. The van der Waals surface area contributed by atoms with Gasteiger partial charge in [-0.15, -0.1) is 0 Å². The summed E-state index contributed by atoms with van der Waals surface area (Å²) in [5, 5.41) is 83.3. The molecule has 13 atom stereocenters. The van der Waals surface area contributed by atoms with Crippen LogP contribution in [0.2, 0.25) is 0 Å². The van der Waals surface area contributed by atoms with E-state index in [1.54, 1.807) is 0 Å². The number of hydrogen-bond donors (Lipinski definition) is 9. The van der Waals surface area contributed by atoms with Crippen molar-refractivity contribution in [2.75, 3.05) is 19.8 Å². The van der Waals surface area contributed by atoms with Crippen LogP contribution in [0.4, 0.5) is 0 Å².